The highest BCUT2D eigenvalue weighted by Gasteiger charge is 2.23. The second kappa shape index (κ2) is 5.74. The number of amides is 1. The van der Waals surface area contributed by atoms with E-state index in [-0.39, 0.29) is 5.91 Å². The van der Waals surface area contributed by atoms with Crippen LogP contribution in [0.5, 0.6) is 0 Å². The first-order valence-corrected chi connectivity index (χ1v) is 6.76. The molecular formula is C14H16N6O. The quantitative estimate of drug-likeness (QED) is 0.859. The number of nitrogens with two attached hydrogens (primary N) is 1. The monoisotopic (exact) mass is 284 g/mol. The van der Waals surface area contributed by atoms with Crippen LogP contribution < -0.4 is 10.6 Å². The Balaban J connectivity index is 1.63. The number of carbonyl (C=O) groups excluding carboxylic acids is 1. The van der Waals surface area contributed by atoms with Gasteiger partial charge in [-0.05, 0) is 12.1 Å². The van der Waals surface area contributed by atoms with Gasteiger partial charge < -0.3 is 15.5 Å². The number of piperazine rings is 1. The molecule has 108 valence electrons. The van der Waals surface area contributed by atoms with E-state index in [0.29, 0.717) is 24.6 Å². The smallest absolute Gasteiger partial charge is 0.274 e. The van der Waals surface area contributed by atoms with Crippen LogP contribution >= 0.6 is 0 Å². The van der Waals surface area contributed by atoms with Crippen molar-refractivity contribution in [3.8, 4) is 0 Å². The van der Waals surface area contributed by atoms with E-state index in [1.807, 2.05) is 6.07 Å². The van der Waals surface area contributed by atoms with Gasteiger partial charge in [-0.25, -0.2) is 9.97 Å². The molecule has 2 aromatic rings. The molecule has 7 heteroatoms. The summed E-state index contributed by atoms with van der Waals surface area (Å²) in [7, 11) is 0. The standard InChI is InChI=1S/C14H16N6O/c15-13-2-1-11(9-18-13)19-5-7-20(8-6-19)14(21)12-10-16-3-4-17-12/h1-4,9-10H,5-8H2,(H2,15,18). The molecule has 1 saturated heterocycles. The van der Waals surface area contributed by atoms with Crippen molar-refractivity contribution < 1.29 is 4.79 Å². The summed E-state index contributed by atoms with van der Waals surface area (Å²) in [6.07, 6.45) is 6.35. The van der Waals surface area contributed by atoms with Crippen molar-refractivity contribution in [2.45, 2.75) is 0 Å². The van der Waals surface area contributed by atoms with Crippen LogP contribution in [-0.2, 0) is 0 Å². The van der Waals surface area contributed by atoms with Crippen LogP contribution in [0, 0.1) is 0 Å². The van der Waals surface area contributed by atoms with Gasteiger partial charge >= 0.3 is 0 Å². The van der Waals surface area contributed by atoms with Crippen LogP contribution in [0.3, 0.4) is 0 Å². The van der Waals surface area contributed by atoms with Crippen molar-refractivity contribution in [2.75, 3.05) is 36.8 Å². The van der Waals surface area contributed by atoms with E-state index >= 15 is 0 Å². The molecule has 3 rings (SSSR count). The molecular weight excluding hydrogens is 268 g/mol. The third-order valence-corrected chi connectivity index (χ3v) is 3.49. The van der Waals surface area contributed by atoms with Crippen LogP contribution in [0.4, 0.5) is 11.5 Å². The molecule has 1 aliphatic heterocycles. The van der Waals surface area contributed by atoms with Gasteiger partial charge in [0.25, 0.3) is 5.91 Å². The summed E-state index contributed by atoms with van der Waals surface area (Å²) in [5.41, 5.74) is 7.00. The predicted octanol–water partition coefficient (Wildman–Crippen LogP) is 0.416. The van der Waals surface area contributed by atoms with E-state index in [9.17, 15) is 4.79 Å². The summed E-state index contributed by atoms with van der Waals surface area (Å²) in [5, 5.41) is 0. The number of anilines is 2. The fraction of sp³-hybridized carbons (Fsp3) is 0.286. The molecule has 2 aromatic heterocycles. The van der Waals surface area contributed by atoms with E-state index in [4.69, 9.17) is 5.73 Å². The van der Waals surface area contributed by atoms with Crippen molar-refractivity contribution in [3.05, 3.63) is 42.6 Å². The van der Waals surface area contributed by atoms with Gasteiger partial charge in [0.2, 0.25) is 0 Å². The van der Waals surface area contributed by atoms with Gasteiger partial charge in [-0.3, -0.25) is 9.78 Å². The van der Waals surface area contributed by atoms with Gasteiger partial charge in [0.05, 0.1) is 18.1 Å². The Labute approximate surface area is 122 Å². The molecule has 0 spiro atoms. The summed E-state index contributed by atoms with van der Waals surface area (Å²) in [6.45, 7) is 2.83. The highest BCUT2D eigenvalue weighted by atomic mass is 16.2. The summed E-state index contributed by atoms with van der Waals surface area (Å²) in [4.78, 5) is 28.3. The van der Waals surface area contributed by atoms with Crippen LogP contribution in [-0.4, -0.2) is 51.9 Å². The normalized spacial score (nSPS) is 15.0. The fourth-order valence-corrected chi connectivity index (χ4v) is 2.32. The lowest BCUT2D eigenvalue weighted by molar-refractivity contribution is 0.0740. The second-order valence-corrected chi connectivity index (χ2v) is 4.81. The average molecular weight is 284 g/mol. The Morgan fingerprint density at radius 1 is 1.05 bits per heavy atom. The topological polar surface area (TPSA) is 88.2 Å². The SMILES string of the molecule is Nc1ccc(N2CCN(C(=O)c3cnccn3)CC2)cn1. The number of aromatic nitrogens is 3. The zero-order valence-corrected chi connectivity index (χ0v) is 11.5. The largest absolute Gasteiger partial charge is 0.384 e. The maximum Gasteiger partial charge on any atom is 0.274 e. The van der Waals surface area contributed by atoms with Crippen molar-refractivity contribution in [1.82, 2.24) is 19.9 Å². The van der Waals surface area contributed by atoms with Crippen molar-refractivity contribution in [3.63, 3.8) is 0 Å². The summed E-state index contributed by atoms with van der Waals surface area (Å²) >= 11 is 0. The Kier molecular flexibility index (Phi) is 3.63. The molecule has 7 nitrogen and oxygen atoms in total. The van der Waals surface area contributed by atoms with Crippen LogP contribution in [0.2, 0.25) is 0 Å². The molecule has 1 fully saturated rings. The average Bonchev–Trinajstić information content (AvgIpc) is 2.56. The summed E-state index contributed by atoms with van der Waals surface area (Å²) in [6, 6.07) is 3.73. The number of nitrogen functional groups attached to an aromatic ring is 1. The summed E-state index contributed by atoms with van der Waals surface area (Å²) < 4.78 is 0. The second-order valence-electron chi connectivity index (χ2n) is 4.81. The number of hydrogen-bond acceptors (Lipinski definition) is 6. The van der Waals surface area contributed by atoms with Crippen molar-refractivity contribution in [1.29, 1.82) is 0 Å². The first-order chi connectivity index (χ1) is 10.2. The van der Waals surface area contributed by atoms with Crippen LogP contribution in [0.1, 0.15) is 10.5 Å². The summed E-state index contributed by atoms with van der Waals surface area (Å²) in [5.74, 6) is 0.438. The van der Waals surface area contributed by atoms with E-state index in [0.717, 1.165) is 18.8 Å². The molecule has 0 unspecified atom stereocenters. The zero-order valence-electron chi connectivity index (χ0n) is 11.5. The molecule has 0 atom stereocenters. The molecule has 0 saturated carbocycles. The molecule has 0 radical (unpaired) electrons. The minimum atomic E-state index is -0.0711. The van der Waals surface area contributed by atoms with Crippen molar-refractivity contribution >= 4 is 17.4 Å². The van der Waals surface area contributed by atoms with Gasteiger partial charge in [0, 0.05) is 38.6 Å². The molecule has 0 aliphatic carbocycles. The highest BCUT2D eigenvalue weighted by molar-refractivity contribution is 5.92. The van der Waals surface area contributed by atoms with Gasteiger partial charge in [-0.1, -0.05) is 0 Å². The fourth-order valence-electron chi connectivity index (χ4n) is 2.32. The van der Waals surface area contributed by atoms with E-state index in [1.165, 1.54) is 12.4 Å². The molecule has 1 aliphatic rings. The molecule has 0 bridgehead atoms. The third-order valence-electron chi connectivity index (χ3n) is 3.49. The van der Waals surface area contributed by atoms with E-state index in [1.54, 1.807) is 23.4 Å². The number of carbonyl (C=O) groups is 1. The first kappa shape index (κ1) is 13.3. The van der Waals surface area contributed by atoms with Gasteiger partial charge in [0.1, 0.15) is 11.5 Å². The Hall–Kier alpha value is -2.70. The lowest BCUT2D eigenvalue weighted by Gasteiger charge is -2.35. The number of hydrogen-bond donors (Lipinski definition) is 1. The first-order valence-electron chi connectivity index (χ1n) is 6.76. The maximum atomic E-state index is 12.3. The predicted molar refractivity (Wildman–Crippen MR) is 78.8 cm³/mol. The van der Waals surface area contributed by atoms with E-state index in [2.05, 4.69) is 19.9 Å². The van der Waals surface area contributed by atoms with E-state index < -0.39 is 0 Å². The molecule has 1 amide bonds. The molecule has 2 N–H and O–H groups in total. The molecule has 21 heavy (non-hydrogen) atoms. The van der Waals surface area contributed by atoms with Crippen LogP contribution in [0.15, 0.2) is 36.9 Å². The van der Waals surface area contributed by atoms with Crippen LogP contribution in [0.25, 0.3) is 0 Å². The van der Waals surface area contributed by atoms with Gasteiger partial charge in [-0.15, -0.1) is 0 Å². The lowest BCUT2D eigenvalue weighted by atomic mass is 10.2. The van der Waals surface area contributed by atoms with Crippen molar-refractivity contribution in [2.24, 2.45) is 0 Å². The number of nitrogens with zero attached hydrogens (tertiary/aromatic N) is 5. The minimum Gasteiger partial charge on any atom is -0.384 e. The highest BCUT2D eigenvalue weighted by Crippen LogP contribution is 2.16. The molecule has 3 heterocycles. The Morgan fingerprint density at radius 3 is 2.48 bits per heavy atom. The lowest BCUT2D eigenvalue weighted by Crippen LogP contribution is -2.49. The number of pyridine rings is 1. The minimum absolute atomic E-state index is 0.0711. The zero-order chi connectivity index (χ0) is 14.7. The number of rotatable bonds is 2. The Morgan fingerprint density at radius 2 is 1.86 bits per heavy atom. The Bertz CT molecular complexity index is 607. The molecule has 0 aromatic carbocycles. The van der Waals surface area contributed by atoms with Gasteiger partial charge in [-0.2, -0.15) is 0 Å². The third kappa shape index (κ3) is 2.91. The maximum absolute atomic E-state index is 12.3. The van der Waals surface area contributed by atoms with Gasteiger partial charge in [0.15, 0.2) is 0 Å².